The molecule has 0 atom stereocenters. The van der Waals surface area contributed by atoms with E-state index in [1.54, 1.807) is 0 Å². The van der Waals surface area contributed by atoms with E-state index >= 15 is 0 Å². The van der Waals surface area contributed by atoms with Crippen molar-refractivity contribution in [2.75, 3.05) is 32.1 Å². The number of aliphatic carboxylic acids is 1. The molecule has 0 bridgehead atoms. The Morgan fingerprint density at radius 3 is 2.19 bits per heavy atom. The monoisotopic (exact) mass is 356 g/mol. The van der Waals surface area contributed by atoms with Gasteiger partial charge in [-0.1, -0.05) is 24.3 Å². The molecule has 2 aromatic carbocycles. The minimum atomic E-state index is -1.06. The van der Waals surface area contributed by atoms with Crippen LogP contribution in [-0.4, -0.2) is 44.2 Å². The van der Waals surface area contributed by atoms with Crippen LogP contribution in [0.25, 0.3) is 0 Å². The van der Waals surface area contributed by atoms with Crippen molar-refractivity contribution in [1.29, 1.82) is 0 Å². The quantitative estimate of drug-likeness (QED) is 0.719. The molecule has 0 unspecified atom stereocenters. The number of carbonyl (C=O) groups excluding carboxylic acids is 1. The summed E-state index contributed by atoms with van der Waals surface area (Å²) < 4.78 is 5.74. The summed E-state index contributed by atoms with van der Waals surface area (Å²) in [5, 5.41) is 10.9. The summed E-state index contributed by atoms with van der Waals surface area (Å²) in [5.74, 6) is -0.634. The summed E-state index contributed by atoms with van der Waals surface area (Å²) in [6.07, 6.45) is 0.957. The van der Waals surface area contributed by atoms with Gasteiger partial charge in [-0.15, -0.1) is 0 Å². The van der Waals surface area contributed by atoms with Crippen molar-refractivity contribution in [3.63, 3.8) is 0 Å². The Balaban J connectivity index is 1.76. The molecule has 26 heavy (non-hydrogen) atoms. The molecule has 0 aliphatic rings. The zero-order chi connectivity index (χ0) is 18.9. The van der Waals surface area contributed by atoms with Gasteiger partial charge < -0.3 is 20.1 Å². The molecule has 6 nitrogen and oxygen atoms in total. The fraction of sp³-hybridized carbons (Fsp3) is 0.300. The summed E-state index contributed by atoms with van der Waals surface area (Å²) in [6, 6.07) is 15.6. The molecule has 0 heterocycles. The second-order valence-corrected chi connectivity index (χ2v) is 6.15. The fourth-order valence-electron chi connectivity index (χ4n) is 2.37. The number of nitrogens with zero attached hydrogens (tertiary/aromatic N) is 1. The molecule has 0 fully saturated rings. The van der Waals surface area contributed by atoms with Crippen LogP contribution in [0.5, 0.6) is 5.75 Å². The first-order chi connectivity index (χ1) is 12.4. The van der Waals surface area contributed by atoms with E-state index in [1.807, 2.05) is 38.4 Å². The van der Waals surface area contributed by atoms with Gasteiger partial charge in [0.2, 0.25) is 5.91 Å². The summed E-state index contributed by atoms with van der Waals surface area (Å²) in [4.78, 5) is 24.1. The minimum Gasteiger partial charge on any atom is -0.493 e. The van der Waals surface area contributed by atoms with E-state index in [-0.39, 0.29) is 18.9 Å². The predicted octanol–water partition coefficient (Wildman–Crippen LogP) is 2.12. The summed E-state index contributed by atoms with van der Waals surface area (Å²) in [5.41, 5.74) is 3.18. The highest BCUT2D eigenvalue weighted by atomic mass is 16.5. The Bertz CT molecular complexity index is 724. The average Bonchev–Trinajstić information content (AvgIpc) is 2.62. The highest BCUT2D eigenvalue weighted by molar-refractivity contribution is 5.82. The predicted molar refractivity (Wildman–Crippen MR) is 101 cm³/mol. The van der Waals surface area contributed by atoms with Crippen molar-refractivity contribution in [2.45, 2.75) is 12.8 Å². The Morgan fingerprint density at radius 2 is 1.62 bits per heavy atom. The molecule has 0 aromatic heterocycles. The van der Waals surface area contributed by atoms with Crippen molar-refractivity contribution in [1.82, 2.24) is 5.32 Å². The van der Waals surface area contributed by atoms with Gasteiger partial charge in [-0.25, -0.2) is 0 Å². The SMILES string of the molecule is CN(C)c1ccc(CCOc2ccc(CC(=O)NCC(=O)O)cc2)cc1. The minimum absolute atomic E-state index is 0.145. The third-order valence-electron chi connectivity index (χ3n) is 3.84. The van der Waals surface area contributed by atoms with Crippen molar-refractivity contribution in [2.24, 2.45) is 0 Å². The molecule has 6 heteroatoms. The first-order valence-electron chi connectivity index (χ1n) is 8.40. The topological polar surface area (TPSA) is 78.9 Å². The Kier molecular flexibility index (Phi) is 7.02. The number of hydrogen-bond acceptors (Lipinski definition) is 4. The van der Waals surface area contributed by atoms with Gasteiger partial charge in [0, 0.05) is 26.2 Å². The Labute approximate surface area is 153 Å². The van der Waals surface area contributed by atoms with Crippen molar-refractivity contribution in [3.8, 4) is 5.75 Å². The summed E-state index contributed by atoms with van der Waals surface area (Å²) >= 11 is 0. The third kappa shape index (κ3) is 6.47. The zero-order valence-electron chi connectivity index (χ0n) is 15.1. The number of nitrogens with one attached hydrogen (secondary N) is 1. The number of hydrogen-bond donors (Lipinski definition) is 2. The molecule has 2 N–H and O–H groups in total. The lowest BCUT2D eigenvalue weighted by Crippen LogP contribution is -2.30. The standard InChI is InChI=1S/C20H24N2O4/c1-22(2)17-7-3-15(4-8-17)11-12-26-18-9-5-16(6-10-18)13-19(23)21-14-20(24)25/h3-10H,11-14H2,1-2H3,(H,21,23)(H,24,25). The lowest BCUT2D eigenvalue weighted by atomic mass is 10.1. The second kappa shape index (κ2) is 9.46. The van der Waals surface area contributed by atoms with Gasteiger partial charge >= 0.3 is 5.97 Å². The Morgan fingerprint density at radius 1 is 1.00 bits per heavy atom. The summed E-state index contributed by atoms with van der Waals surface area (Å²) in [7, 11) is 4.02. The molecule has 2 aromatic rings. The van der Waals surface area contributed by atoms with Crippen LogP contribution in [0.15, 0.2) is 48.5 Å². The maximum atomic E-state index is 11.6. The van der Waals surface area contributed by atoms with Gasteiger partial charge in [-0.3, -0.25) is 9.59 Å². The number of ether oxygens (including phenoxy) is 1. The number of amides is 1. The highest BCUT2D eigenvalue weighted by Gasteiger charge is 2.05. The number of carbonyl (C=O) groups is 2. The van der Waals surface area contributed by atoms with Gasteiger partial charge in [0.05, 0.1) is 13.0 Å². The van der Waals surface area contributed by atoms with Crippen LogP contribution in [0.2, 0.25) is 0 Å². The molecule has 0 saturated heterocycles. The van der Waals surface area contributed by atoms with E-state index in [9.17, 15) is 9.59 Å². The molecule has 0 aliphatic carbocycles. The number of benzene rings is 2. The molecule has 0 saturated carbocycles. The van der Waals surface area contributed by atoms with E-state index in [4.69, 9.17) is 9.84 Å². The van der Waals surface area contributed by atoms with Crippen LogP contribution in [0, 0.1) is 0 Å². The van der Waals surface area contributed by atoms with Crippen LogP contribution in [0.1, 0.15) is 11.1 Å². The van der Waals surface area contributed by atoms with E-state index in [2.05, 4.69) is 34.5 Å². The number of anilines is 1. The first-order valence-corrected chi connectivity index (χ1v) is 8.40. The van der Waals surface area contributed by atoms with Gasteiger partial charge in [0.1, 0.15) is 12.3 Å². The molecular formula is C20H24N2O4. The number of rotatable bonds is 9. The van der Waals surface area contributed by atoms with E-state index < -0.39 is 5.97 Å². The Hall–Kier alpha value is -3.02. The molecule has 138 valence electrons. The summed E-state index contributed by atoms with van der Waals surface area (Å²) in [6.45, 7) is 0.204. The van der Waals surface area contributed by atoms with Crippen LogP contribution < -0.4 is 15.0 Å². The van der Waals surface area contributed by atoms with Gasteiger partial charge in [0.25, 0.3) is 0 Å². The smallest absolute Gasteiger partial charge is 0.322 e. The number of carboxylic acid groups (broad SMARTS) is 1. The van der Waals surface area contributed by atoms with Gasteiger partial charge in [-0.05, 0) is 35.4 Å². The largest absolute Gasteiger partial charge is 0.493 e. The maximum absolute atomic E-state index is 11.6. The highest BCUT2D eigenvalue weighted by Crippen LogP contribution is 2.15. The van der Waals surface area contributed by atoms with Crippen molar-refractivity contribution < 1.29 is 19.4 Å². The van der Waals surface area contributed by atoms with E-state index in [1.165, 1.54) is 5.56 Å². The molecule has 0 radical (unpaired) electrons. The number of carboxylic acids is 1. The normalized spacial score (nSPS) is 10.2. The molecule has 0 spiro atoms. The maximum Gasteiger partial charge on any atom is 0.322 e. The first kappa shape index (κ1) is 19.3. The molecule has 0 aliphatic heterocycles. The second-order valence-electron chi connectivity index (χ2n) is 6.15. The lowest BCUT2D eigenvalue weighted by molar-refractivity contribution is -0.137. The van der Waals surface area contributed by atoms with Crippen molar-refractivity contribution in [3.05, 3.63) is 59.7 Å². The van der Waals surface area contributed by atoms with Crippen LogP contribution in [0.3, 0.4) is 0 Å². The molecule has 2 rings (SSSR count). The van der Waals surface area contributed by atoms with Crippen LogP contribution >= 0.6 is 0 Å². The fourth-order valence-corrected chi connectivity index (χ4v) is 2.37. The van der Waals surface area contributed by atoms with Gasteiger partial charge in [-0.2, -0.15) is 0 Å². The lowest BCUT2D eigenvalue weighted by Gasteiger charge is -2.13. The third-order valence-corrected chi connectivity index (χ3v) is 3.84. The molecular weight excluding hydrogens is 332 g/mol. The molecule has 1 amide bonds. The zero-order valence-corrected chi connectivity index (χ0v) is 15.1. The van der Waals surface area contributed by atoms with Crippen LogP contribution in [0.4, 0.5) is 5.69 Å². The van der Waals surface area contributed by atoms with E-state index in [0.29, 0.717) is 6.61 Å². The average molecular weight is 356 g/mol. The van der Waals surface area contributed by atoms with Gasteiger partial charge in [0.15, 0.2) is 0 Å². The van der Waals surface area contributed by atoms with Crippen LogP contribution in [-0.2, 0) is 22.4 Å². The van der Waals surface area contributed by atoms with Crippen molar-refractivity contribution >= 4 is 17.6 Å². The van der Waals surface area contributed by atoms with E-state index in [0.717, 1.165) is 23.4 Å².